The van der Waals surface area contributed by atoms with E-state index in [0.717, 1.165) is 32.6 Å². The molecule has 3 heteroatoms. The van der Waals surface area contributed by atoms with Crippen LogP contribution < -0.4 is 0 Å². The summed E-state index contributed by atoms with van der Waals surface area (Å²) >= 11 is 0. The highest BCUT2D eigenvalue weighted by Crippen LogP contribution is 2.10. The number of nitrogens with zero attached hydrogens (tertiary/aromatic N) is 2. The molecule has 1 unspecified atom stereocenters. The van der Waals surface area contributed by atoms with E-state index in [1.54, 1.807) is 0 Å². The number of aliphatic hydroxyl groups excluding tert-OH is 1. The van der Waals surface area contributed by atoms with Crippen molar-refractivity contribution in [2.24, 2.45) is 0 Å². The van der Waals surface area contributed by atoms with Gasteiger partial charge in [0.05, 0.1) is 6.61 Å². The van der Waals surface area contributed by atoms with E-state index in [1.807, 2.05) is 0 Å². The molecule has 0 aliphatic carbocycles. The third-order valence-electron chi connectivity index (χ3n) is 3.28. The van der Waals surface area contributed by atoms with E-state index in [-0.39, 0.29) is 0 Å². The third-order valence-corrected chi connectivity index (χ3v) is 3.28. The normalized spacial score (nSPS) is 22.9. The summed E-state index contributed by atoms with van der Waals surface area (Å²) < 4.78 is 0. The average Bonchev–Trinajstić information content (AvgIpc) is 2.20. The quantitative estimate of drug-likeness (QED) is 0.726. The van der Waals surface area contributed by atoms with E-state index in [2.05, 4.69) is 30.6 Å². The minimum absolute atomic E-state index is 0.304. The van der Waals surface area contributed by atoms with Gasteiger partial charge in [-0.3, -0.25) is 9.80 Å². The van der Waals surface area contributed by atoms with Gasteiger partial charge in [-0.15, -0.1) is 0 Å². The van der Waals surface area contributed by atoms with Crippen LogP contribution >= 0.6 is 0 Å². The first-order valence-corrected chi connectivity index (χ1v) is 5.78. The van der Waals surface area contributed by atoms with Crippen LogP contribution in [0.25, 0.3) is 0 Å². The lowest BCUT2D eigenvalue weighted by atomic mass is 10.1. The summed E-state index contributed by atoms with van der Waals surface area (Å²) in [6.07, 6.45) is 1.05. The molecular formula is C11H24N2O. The standard InChI is InChI=1S/C11H24N2O/c1-4-11(9-14)13-7-5-12(6-8-13)10(2)3/h10-11,14H,4-9H2,1-3H3. The van der Waals surface area contributed by atoms with Crippen molar-refractivity contribution in [2.75, 3.05) is 32.8 Å². The predicted molar refractivity (Wildman–Crippen MR) is 59.4 cm³/mol. The van der Waals surface area contributed by atoms with Crippen molar-refractivity contribution in [1.82, 2.24) is 9.80 Å². The van der Waals surface area contributed by atoms with Crippen LogP contribution in [0.2, 0.25) is 0 Å². The molecule has 0 aromatic rings. The van der Waals surface area contributed by atoms with Crippen LogP contribution in [0.1, 0.15) is 27.2 Å². The Kier molecular flexibility index (Phi) is 4.85. The third kappa shape index (κ3) is 2.94. The largest absolute Gasteiger partial charge is 0.395 e. The van der Waals surface area contributed by atoms with E-state index in [4.69, 9.17) is 0 Å². The second-order valence-electron chi connectivity index (χ2n) is 4.41. The molecule has 1 saturated heterocycles. The summed E-state index contributed by atoms with van der Waals surface area (Å²) in [7, 11) is 0. The van der Waals surface area contributed by atoms with Gasteiger partial charge >= 0.3 is 0 Å². The SMILES string of the molecule is CCC(CO)N1CCN(C(C)C)CC1. The smallest absolute Gasteiger partial charge is 0.0586 e. The van der Waals surface area contributed by atoms with Crippen LogP contribution in [-0.4, -0.2) is 59.8 Å². The highest BCUT2D eigenvalue weighted by atomic mass is 16.3. The Balaban J connectivity index is 2.34. The first-order valence-electron chi connectivity index (χ1n) is 5.78. The Morgan fingerprint density at radius 1 is 1.07 bits per heavy atom. The van der Waals surface area contributed by atoms with E-state index in [1.165, 1.54) is 0 Å². The second kappa shape index (κ2) is 5.69. The van der Waals surface area contributed by atoms with Gasteiger partial charge in [-0.1, -0.05) is 6.92 Å². The van der Waals surface area contributed by atoms with Crippen molar-refractivity contribution in [3.63, 3.8) is 0 Å². The van der Waals surface area contributed by atoms with Gasteiger partial charge < -0.3 is 5.11 Å². The van der Waals surface area contributed by atoms with Crippen LogP contribution in [0, 0.1) is 0 Å². The fourth-order valence-electron chi connectivity index (χ4n) is 2.12. The molecule has 84 valence electrons. The molecule has 1 rings (SSSR count). The van der Waals surface area contributed by atoms with Gasteiger partial charge in [0.15, 0.2) is 0 Å². The number of hydrogen-bond donors (Lipinski definition) is 1. The first-order chi connectivity index (χ1) is 6.69. The molecule has 1 fully saturated rings. The molecular weight excluding hydrogens is 176 g/mol. The van der Waals surface area contributed by atoms with Crippen molar-refractivity contribution in [3.8, 4) is 0 Å². The van der Waals surface area contributed by atoms with Crippen molar-refractivity contribution >= 4 is 0 Å². The lowest BCUT2D eigenvalue weighted by Gasteiger charge is -2.40. The summed E-state index contributed by atoms with van der Waals surface area (Å²) in [6, 6.07) is 1.04. The van der Waals surface area contributed by atoms with Crippen LogP contribution in [0.4, 0.5) is 0 Å². The van der Waals surface area contributed by atoms with Crippen molar-refractivity contribution in [2.45, 2.75) is 39.3 Å². The minimum atomic E-state index is 0.304. The zero-order valence-electron chi connectivity index (χ0n) is 9.74. The predicted octanol–water partition coefficient (Wildman–Crippen LogP) is 0.783. The molecule has 14 heavy (non-hydrogen) atoms. The van der Waals surface area contributed by atoms with Gasteiger partial charge in [-0.25, -0.2) is 0 Å². The lowest BCUT2D eigenvalue weighted by molar-refractivity contribution is 0.0520. The maximum atomic E-state index is 9.20. The summed E-state index contributed by atoms with van der Waals surface area (Å²) in [6.45, 7) is 11.5. The lowest BCUT2D eigenvalue weighted by Crippen LogP contribution is -2.52. The first kappa shape index (κ1) is 12.0. The number of rotatable bonds is 4. The fourth-order valence-corrected chi connectivity index (χ4v) is 2.12. The van der Waals surface area contributed by atoms with Gasteiger partial charge in [-0.05, 0) is 20.3 Å². The van der Waals surface area contributed by atoms with Gasteiger partial charge in [0.25, 0.3) is 0 Å². The Bertz CT molecular complexity index is 149. The summed E-state index contributed by atoms with van der Waals surface area (Å²) in [5, 5.41) is 9.20. The fraction of sp³-hybridized carbons (Fsp3) is 1.00. The molecule has 0 amide bonds. The van der Waals surface area contributed by atoms with Crippen LogP contribution in [-0.2, 0) is 0 Å². The molecule has 0 spiro atoms. The molecule has 0 saturated carbocycles. The van der Waals surface area contributed by atoms with Crippen LogP contribution in [0.3, 0.4) is 0 Å². The Morgan fingerprint density at radius 3 is 1.93 bits per heavy atom. The minimum Gasteiger partial charge on any atom is -0.395 e. The Morgan fingerprint density at radius 2 is 1.57 bits per heavy atom. The summed E-state index contributed by atoms with van der Waals surface area (Å²) in [5.74, 6) is 0. The number of piperazine rings is 1. The maximum Gasteiger partial charge on any atom is 0.0586 e. The second-order valence-corrected chi connectivity index (χ2v) is 4.41. The number of hydrogen-bond acceptors (Lipinski definition) is 3. The van der Waals surface area contributed by atoms with Crippen molar-refractivity contribution in [3.05, 3.63) is 0 Å². The molecule has 1 aliphatic rings. The van der Waals surface area contributed by atoms with E-state index in [9.17, 15) is 5.11 Å². The van der Waals surface area contributed by atoms with Crippen LogP contribution in [0.5, 0.6) is 0 Å². The summed E-state index contributed by atoms with van der Waals surface area (Å²) in [4.78, 5) is 4.92. The molecule has 0 aromatic carbocycles. The molecule has 1 N–H and O–H groups in total. The summed E-state index contributed by atoms with van der Waals surface area (Å²) in [5.41, 5.74) is 0. The van der Waals surface area contributed by atoms with E-state index < -0.39 is 0 Å². The van der Waals surface area contributed by atoms with Gasteiger partial charge in [-0.2, -0.15) is 0 Å². The monoisotopic (exact) mass is 200 g/mol. The van der Waals surface area contributed by atoms with Crippen LogP contribution in [0.15, 0.2) is 0 Å². The number of aliphatic hydroxyl groups is 1. The molecule has 1 aliphatic heterocycles. The molecule has 0 aromatic heterocycles. The van der Waals surface area contributed by atoms with E-state index in [0.29, 0.717) is 18.7 Å². The van der Waals surface area contributed by atoms with Crippen molar-refractivity contribution in [1.29, 1.82) is 0 Å². The maximum absolute atomic E-state index is 9.20. The van der Waals surface area contributed by atoms with E-state index >= 15 is 0 Å². The van der Waals surface area contributed by atoms with Gasteiger partial charge in [0.1, 0.15) is 0 Å². The highest BCUT2D eigenvalue weighted by Gasteiger charge is 2.22. The van der Waals surface area contributed by atoms with Crippen molar-refractivity contribution < 1.29 is 5.11 Å². The van der Waals surface area contributed by atoms with Gasteiger partial charge in [0.2, 0.25) is 0 Å². The zero-order chi connectivity index (χ0) is 10.6. The zero-order valence-corrected chi connectivity index (χ0v) is 9.74. The molecule has 0 bridgehead atoms. The highest BCUT2D eigenvalue weighted by molar-refractivity contribution is 4.78. The Labute approximate surface area is 87.7 Å². The van der Waals surface area contributed by atoms with Gasteiger partial charge in [0, 0.05) is 38.3 Å². The topological polar surface area (TPSA) is 26.7 Å². The molecule has 1 atom stereocenters. The Hall–Kier alpha value is -0.120. The molecule has 0 radical (unpaired) electrons. The molecule has 1 heterocycles. The molecule has 3 nitrogen and oxygen atoms in total. The average molecular weight is 200 g/mol.